The first kappa shape index (κ1) is 27.2. The summed E-state index contributed by atoms with van der Waals surface area (Å²) >= 11 is 28.3. The van der Waals surface area contributed by atoms with Crippen molar-refractivity contribution in [1.82, 2.24) is 10.6 Å². The maximum absolute atomic E-state index is 12.5. The lowest BCUT2D eigenvalue weighted by molar-refractivity contribution is -0.392. The van der Waals surface area contributed by atoms with Gasteiger partial charge in [0, 0.05) is 29.8 Å². The van der Waals surface area contributed by atoms with E-state index in [0.717, 1.165) is 36.4 Å². The normalized spacial score (nSPS) is 11.8. The number of carbonyl (C=O) groups excluding carboxylic acids is 1. The molecule has 180 valence electrons. The fourth-order valence-corrected chi connectivity index (χ4v) is 3.18. The zero-order chi connectivity index (χ0) is 25.8. The van der Waals surface area contributed by atoms with Gasteiger partial charge in [-0.3, -0.25) is 35.1 Å². The predicted molar refractivity (Wildman–Crippen MR) is 129 cm³/mol. The van der Waals surface area contributed by atoms with Crippen LogP contribution in [0.2, 0.25) is 5.02 Å². The average Bonchev–Trinajstić information content (AvgIpc) is 2.73. The maximum atomic E-state index is 12.5. The Morgan fingerprint density at radius 2 is 1.41 bits per heavy atom. The van der Waals surface area contributed by atoms with Crippen LogP contribution in [0.15, 0.2) is 36.4 Å². The molecule has 13 nitrogen and oxygen atoms in total. The third-order valence-electron chi connectivity index (χ3n) is 3.91. The van der Waals surface area contributed by atoms with Gasteiger partial charge in [-0.05, 0) is 24.4 Å². The van der Waals surface area contributed by atoms with Gasteiger partial charge in [-0.1, -0.05) is 46.4 Å². The average molecular weight is 572 g/mol. The molecular weight excluding hydrogens is 562 g/mol. The molecule has 2 aromatic carbocycles. The van der Waals surface area contributed by atoms with Crippen molar-refractivity contribution in [3.05, 3.63) is 77.3 Å². The molecule has 0 heterocycles. The predicted octanol–water partition coefficient (Wildman–Crippen LogP) is 4.48. The summed E-state index contributed by atoms with van der Waals surface area (Å²) in [6.45, 7) is 0. The monoisotopic (exact) mass is 570 g/mol. The minimum absolute atomic E-state index is 0.0329. The van der Waals surface area contributed by atoms with Crippen molar-refractivity contribution >= 4 is 92.4 Å². The number of hydrogen-bond acceptors (Lipinski definition) is 8. The summed E-state index contributed by atoms with van der Waals surface area (Å²) in [5.74, 6) is -0.829. The number of halogens is 4. The van der Waals surface area contributed by atoms with Crippen molar-refractivity contribution in [2.75, 3.05) is 5.32 Å². The number of amides is 1. The highest BCUT2D eigenvalue weighted by molar-refractivity contribution is 7.80. The molecule has 1 unspecified atom stereocenters. The van der Waals surface area contributed by atoms with Crippen molar-refractivity contribution in [2.45, 2.75) is 9.96 Å². The van der Waals surface area contributed by atoms with Crippen LogP contribution in [0.1, 0.15) is 10.4 Å². The van der Waals surface area contributed by atoms with E-state index in [9.17, 15) is 35.1 Å². The summed E-state index contributed by atoms with van der Waals surface area (Å²) in [5.41, 5.74) is -2.42. The van der Waals surface area contributed by atoms with Gasteiger partial charge < -0.3 is 16.0 Å². The highest BCUT2D eigenvalue weighted by atomic mass is 35.6. The fraction of sp³-hybridized carbons (Fsp3) is 0.125. The summed E-state index contributed by atoms with van der Waals surface area (Å²) in [6.07, 6.45) is -1.55. The SMILES string of the molecule is O=C(NC(NC(=S)Nc1c([N+](=O)[O-])cc(Cl)cc1[N+](=O)[O-])C(Cl)(Cl)Cl)c1ccc([N+](=O)[O-])cc1. The number of anilines is 1. The van der Waals surface area contributed by atoms with Crippen LogP contribution in [0.3, 0.4) is 0 Å². The van der Waals surface area contributed by atoms with Crippen LogP contribution in [0.4, 0.5) is 22.7 Å². The molecule has 2 aromatic rings. The highest BCUT2D eigenvalue weighted by Gasteiger charge is 2.36. The van der Waals surface area contributed by atoms with Gasteiger partial charge in [0.05, 0.1) is 19.8 Å². The van der Waals surface area contributed by atoms with Crippen molar-refractivity contribution in [1.29, 1.82) is 0 Å². The van der Waals surface area contributed by atoms with Gasteiger partial charge in [0.2, 0.25) is 3.79 Å². The molecular formula is C16H10Cl4N6O7S. The molecule has 0 aliphatic rings. The van der Waals surface area contributed by atoms with Gasteiger partial charge in [-0.25, -0.2) is 0 Å². The first-order valence-corrected chi connectivity index (χ1v) is 10.4. The Hall–Kier alpha value is -3.04. The van der Waals surface area contributed by atoms with E-state index in [0.29, 0.717) is 0 Å². The Morgan fingerprint density at radius 1 is 0.912 bits per heavy atom. The first-order chi connectivity index (χ1) is 15.7. The third kappa shape index (κ3) is 6.98. The number of benzene rings is 2. The molecule has 2 rings (SSSR count). The number of carbonyl (C=O) groups is 1. The van der Waals surface area contributed by atoms with E-state index in [1.807, 2.05) is 0 Å². The number of non-ortho nitro benzene ring substituents is 1. The Morgan fingerprint density at radius 3 is 1.82 bits per heavy atom. The second-order valence-electron chi connectivity index (χ2n) is 6.18. The molecule has 0 aromatic heterocycles. The molecule has 3 N–H and O–H groups in total. The molecule has 0 aliphatic heterocycles. The second-order valence-corrected chi connectivity index (χ2v) is 9.40. The number of thiocarbonyl (C=S) groups is 1. The topological polar surface area (TPSA) is 183 Å². The van der Waals surface area contributed by atoms with E-state index >= 15 is 0 Å². The van der Waals surface area contributed by atoms with Crippen molar-refractivity contribution in [2.24, 2.45) is 0 Å². The van der Waals surface area contributed by atoms with E-state index in [1.54, 1.807) is 0 Å². The first-order valence-electron chi connectivity index (χ1n) is 8.52. The van der Waals surface area contributed by atoms with Crippen LogP contribution in [-0.2, 0) is 0 Å². The van der Waals surface area contributed by atoms with Gasteiger partial charge in [0.25, 0.3) is 11.6 Å². The number of nitrogens with zero attached hydrogens (tertiary/aromatic N) is 3. The largest absolute Gasteiger partial charge is 0.339 e. The van der Waals surface area contributed by atoms with Crippen LogP contribution in [0.5, 0.6) is 0 Å². The summed E-state index contributed by atoms with van der Waals surface area (Å²) in [6, 6.07) is 6.19. The van der Waals surface area contributed by atoms with Crippen LogP contribution in [-0.4, -0.2) is 35.7 Å². The van der Waals surface area contributed by atoms with E-state index < -0.39 is 52.8 Å². The van der Waals surface area contributed by atoms with Gasteiger partial charge in [-0.15, -0.1) is 0 Å². The number of hydrogen-bond donors (Lipinski definition) is 3. The van der Waals surface area contributed by atoms with Gasteiger partial charge >= 0.3 is 11.4 Å². The van der Waals surface area contributed by atoms with Crippen LogP contribution < -0.4 is 16.0 Å². The second kappa shape index (κ2) is 10.9. The highest BCUT2D eigenvalue weighted by Crippen LogP contribution is 2.37. The van der Waals surface area contributed by atoms with Crippen LogP contribution in [0.25, 0.3) is 0 Å². The quantitative estimate of drug-likeness (QED) is 0.141. The van der Waals surface area contributed by atoms with Gasteiger partial charge in [0.1, 0.15) is 6.17 Å². The summed E-state index contributed by atoms with van der Waals surface area (Å²) < 4.78 is -2.24. The maximum Gasteiger partial charge on any atom is 0.301 e. The lowest BCUT2D eigenvalue weighted by atomic mass is 10.2. The molecule has 1 amide bonds. The number of nitro benzene ring substituents is 3. The molecule has 0 spiro atoms. The molecule has 1 atom stereocenters. The molecule has 34 heavy (non-hydrogen) atoms. The minimum Gasteiger partial charge on any atom is -0.339 e. The zero-order valence-corrected chi connectivity index (χ0v) is 20.0. The van der Waals surface area contributed by atoms with E-state index in [2.05, 4.69) is 16.0 Å². The van der Waals surface area contributed by atoms with Gasteiger partial charge in [0.15, 0.2) is 10.8 Å². The number of nitrogens with one attached hydrogen (secondary N) is 3. The Bertz CT molecular complexity index is 1140. The minimum atomic E-state index is -2.24. The summed E-state index contributed by atoms with van der Waals surface area (Å²) in [7, 11) is 0. The van der Waals surface area contributed by atoms with Crippen molar-refractivity contribution in [3.8, 4) is 0 Å². The Kier molecular flexibility index (Phi) is 8.74. The summed E-state index contributed by atoms with van der Waals surface area (Å²) in [5, 5.41) is 39.6. The molecule has 0 saturated heterocycles. The van der Waals surface area contributed by atoms with E-state index in [4.69, 9.17) is 58.6 Å². The number of nitro groups is 3. The lowest BCUT2D eigenvalue weighted by Crippen LogP contribution is -2.56. The van der Waals surface area contributed by atoms with Crippen molar-refractivity contribution in [3.63, 3.8) is 0 Å². The molecule has 0 saturated carbocycles. The van der Waals surface area contributed by atoms with Gasteiger partial charge in [-0.2, -0.15) is 0 Å². The molecule has 0 aliphatic carbocycles. The van der Waals surface area contributed by atoms with Crippen molar-refractivity contribution < 1.29 is 19.6 Å². The smallest absolute Gasteiger partial charge is 0.301 e. The zero-order valence-electron chi connectivity index (χ0n) is 16.2. The fourth-order valence-electron chi connectivity index (χ4n) is 2.42. The van der Waals surface area contributed by atoms with Crippen LogP contribution >= 0.6 is 58.6 Å². The molecule has 0 bridgehead atoms. The number of rotatable bonds is 7. The van der Waals surface area contributed by atoms with Crippen LogP contribution in [0, 0.1) is 30.3 Å². The standard InChI is InChI=1S/C16H10Cl4N6O7S/c17-8-5-10(25(30)31)12(11(6-8)26(32)33)21-15(34)23-14(16(18,19)20)22-13(27)7-1-3-9(4-2-7)24(28)29/h1-6,14H,(H,22,27)(H2,21,23,34). The lowest BCUT2D eigenvalue weighted by Gasteiger charge is -2.27. The van der Waals surface area contributed by atoms with E-state index in [1.165, 1.54) is 0 Å². The summed E-state index contributed by atoms with van der Waals surface area (Å²) in [4.78, 5) is 43.4. The number of alkyl halides is 3. The molecule has 18 heteroatoms. The Labute approximate surface area is 214 Å². The third-order valence-corrected chi connectivity index (χ3v) is 5.00. The molecule has 0 fully saturated rings. The molecule has 0 radical (unpaired) electrons. The Balaban J connectivity index is 2.27. The van der Waals surface area contributed by atoms with E-state index in [-0.39, 0.29) is 16.3 Å².